The van der Waals surface area contributed by atoms with Crippen molar-refractivity contribution in [3.05, 3.63) is 65.4 Å². The van der Waals surface area contributed by atoms with Crippen molar-refractivity contribution in [2.45, 2.75) is 6.10 Å². The molecule has 1 aliphatic heterocycles. The van der Waals surface area contributed by atoms with Crippen LogP contribution in [-0.4, -0.2) is 65.2 Å². The third-order valence-corrected chi connectivity index (χ3v) is 5.33. The van der Waals surface area contributed by atoms with Gasteiger partial charge in [-0.15, -0.1) is 0 Å². The second-order valence-corrected chi connectivity index (χ2v) is 7.79. The van der Waals surface area contributed by atoms with Gasteiger partial charge in [-0.1, -0.05) is 6.07 Å². The summed E-state index contributed by atoms with van der Waals surface area (Å²) in [5, 5.41) is 13.7. The fraction of sp³-hybridized carbons (Fsp3) is 0.217. The van der Waals surface area contributed by atoms with Gasteiger partial charge in [-0.25, -0.2) is 18.6 Å². The molecule has 36 heavy (non-hydrogen) atoms. The molecule has 1 saturated heterocycles. The van der Waals surface area contributed by atoms with Crippen molar-refractivity contribution in [1.29, 1.82) is 0 Å². The van der Waals surface area contributed by atoms with Gasteiger partial charge in [0.1, 0.15) is 17.2 Å². The highest BCUT2D eigenvalue weighted by molar-refractivity contribution is 5.97. The summed E-state index contributed by atoms with van der Waals surface area (Å²) in [4.78, 5) is 40.8. The highest BCUT2D eigenvalue weighted by atomic mass is 19.1. The molecule has 11 nitrogen and oxygen atoms in total. The molecule has 3 aromatic rings. The van der Waals surface area contributed by atoms with Crippen LogP contribution in [0, 0.1) is 11.6 Å². The van der Waals surface area contributed by atoms with E-state index >= 15 is 0 Å². The quantitative estimate of drug-likeness (QED) is 0.384. The smallest absolute Gasteiger partial charge is 0.404 e. The van der Waals surface area contributed by atoms with Crippen molar-refractivity contribution in [1.82, 2.24) is 15.2 Å². The summed E-state index contributed by atoms with van der Waals surface area (Å²) < 4.78 is 39.2. The number of nitrogens with two attached hydrogens (primary N) is 1. The number of rotatable bonds is 7. The van der Waals surface area contributed by atoms with Crippen LogP contribution in [0.3, 0.4) is 0 Å². The maximum absolute atomic E-state index is 14.1. The van der Waals surface area contributed by atoms with Gasteiger partial charge in [0.25, 0.3) is 11.8 Å². The number of hydrogen-bond donors (Lipinski definition) is 4. The molecule has 1 fully saturated rings. The molecule has 5 N–H and O–H groups in total. The third-order valence-electron chi connectivity index (χ3n) is 5.33. The fourth-order valence-corrected chi connectivity index (χ4v) is 3.62. The van der Waals surface area contributed by atoms with E-state index in [2.05, 4.69) is 15.6 Å². The Labute approximate surface area is 202 Å². The van der Waals surface area contributed by atoms with E-state index in [9.17, 15) is 23.2 Å². The molecule has 2 heterocycles. The summed E-state index contributed by atoms with van der Waals surface area (Å²) in [5.74, 6) is -3.79. The standard InChI is InChI=1S/C23H21F2N5O6/c24-15-2-1-3-16(25)17(15)20-29-18(19(26)31)21(36-20)28-13-6-4-12(5-7-13)22(32)30-8-9-35-14(11-30)10-27-23(33)34/h1-7,14,27-28H,8-11H2,(H2,26,31)(H,33,34). The van der Waals surface area contributed by atoms with Crippen LogP contribution in [0.25, 0.3) is 11.5 Å². The number of hydrogen-bond acceptors (Lipinski definition) is 7. The topological polar surface area (TPSA) is 160 Å². The zero-order valence-corrected chi connectivity index (χ0v) is 18.7. The minimum Gasteiger partial charge on any atom is -0.465 e. The number of nitrogens with one attached hydrogen (secondary N) is 2. The first kappa shape index (κ1) is 24.6. The number of carboxylic acid groups (broad SMARTS) is 1. The lowest BCUT2D eigenvalue weighted by atomic mass is 10.1. The highest BCUT2D eigenvalue weighted by Crippen LogP contribution is 2.31. The minimum absolute atomic E-state index is 0.0557. The molecule has 3 amide bonds. The number of benzene rings is 2. The van der Waals surface area contributed by atoms with Crippen LogP contribution in [-0.2, 0) is 4.74 Å². The first-order valence-electron chi connectivity index (χ1n) is 10.7. The Morgan fingerprint density at radius 3 is 2.47 bits per heavy atom. The monoisotopic (exact) mass is 501 g/mol. The Kier molecular flexibility index (Phi) is 7.10. The second-order valence-electron chi connectivity index (χ2n) is 7.79. The van der Waals surface area contributed by atoms with E-state index in [1.54, 1.807) is 4.90 Å². The van der Waals surface area contributed by atoms with E-state index < -0.39 is 41.2 Å². The first-order chi connectivity index (χ1) is 17.2. The van der Waals surface area contributed by atoms with Gasteiger partial charge >= 0.3 is 6.09 Å². The number of carbonyl (C=O) groups is 3. The summed E-state index contributed by atoms with van der Waals surface area (Å²) >= 11 is 0. The Morgan fingerprint density at radius 2 is 1.83 bits per heavy atom. The Bertz CT molecular complexity index is 1280. The summed E-state index contributed by atoms with van der Waals surface area (Å²) in [5.41, 5.74) is 5.18. The molecular weight excluding hydrogens is 480 g/mol. The number of carbonyl (C=O) groups excluding carboxylic acids is 2. The molecule has 0 bridgehead atoms. The van der Waals surface area contributed by atoms with Crippen LogP contribution in [0.1, 0.15) is 20.8 Å². The normalized spacial score (nSPS) is 15.4. The molecule has 0 saturated carbocycles. The van der Waals surface area contributed by atoms with Gasteiger partial charge in [-0.3, -0.25) is 9.59 Å². The maximum atomic E-state index is 14.1. The van der Waals surface area contributed by atoms with Crippen molar-refractivity contribution < 1.29 is 37.4 Å². The third kappa shape index (κ3) is 5.41. The number of anilines is 2. The lowest BCUT2D eigenvalue weighted by Crippen LogP contribution is -2.49. The fourth-order valence-electron chi connectivity index (χ4n) is 3.62. The van der Waals surface area contributed by atoms with Crippen LogP contribution in [0.4, 0.5) is 25.1 Å². The lowest BCUT2D eigenvalue weighted by Gasteiger charge is -2.33. The molecule has 1 aromatic heterocycles. The summed E-state index contributed by atoms with van der Waals surface area (Å²) in [6, 6.07) is 9.36. The number of morpholine rings is 1. The van der Waals surface area contributed by atoms with E-state index in [0.717, 1.165) is 12.1 Å². The average molecular weight is 501 g/mol. The summed E-state index contributed by atoms with van der Waals surface area (Å²) in [6.45, 7) is 0.885. The average Bonchev–Trinajstić information content (AvgIpc) is 3.26. The van der Waals surface area contributed by atoms with Crippen LogP contribution < -0.4 is 16.4 Å². The van der Waals surface area contributed by atoms with Crippen LogP contribution in [0.15, 0.2) is 46.9 Å². The molecule has 1 atom stereocenters. The Hall–Kier alpha value is -4.52. The summed E-state index contributed by atoms with van der Waals surface area (Å²) in [6.07, 6.45) is -1.64. The van der Waals surface area contributed by atoms with Gasteiger partial charge in [-0.2, -0.15) is 0 Å². The zero-order chi connectivity index (χ0) is 25.8. The number of nitrogens with zero attached hydrogens (tertiary/aromatic N) is 2. The predicted molar refractivity (Wildman–Crippen MR) is 122 cm³/mol. The van der Waals surface area contributed by atoms with Crippen LogP contribution in [0.2, 0.25) is 0 Å². The SMILES string of the molecule is NC(=O)c1nc(-c2c(F)cccc2F)oc1Nc1ccc(C(=O)N2CCOC(CNC(=O)O)C2)cc1. The molecule has 1 unspecified atom stereocenters. The summed E-state index contributed by atoms with van der Waals surface area (Å²) in [7, 11) is 0. The van der Waals surface area contributed by atoms with Crippen LogP contribution >= 0.6 is 0 Å². The molecule has 0 aliphatic carbocycles. The predicted octanol–water partition coefficient (Wildman–Crippen LogP) is 2.57. The van der Waals surface area contributed by atoms with Gasteiger partial charge in [0.15, 0.2) is 5.69 Å². The van der Waals surface area contributed by atoms with Crippen molar-refractivity contribution in [3.63, 3.8) is 0 Å². The van der Waals surface area contributed by atoms with E-state index in [1.165, 1.54) is 30.3 Å². The van der Waals surface area contributed by atoms with E-state index in [0.29, 0.717) is 17.8 Å². The molecule has 0 spiro atoms. The number of ether oxygens (including phenoxy) is 1. The number of halogens is 2. The van der Waals surface area contributed by atoms with Gasteiger partial charge in [0, 0.05) is 30.9 Å². The molecule has 1 aliphatic rings. The van der Waals surface area contributed by atoms with Crippen LogP contribution in [0.5, 0.6) is 0 Å². The first-order valence-corrected chi connectivity index (χ1v) is 10.7. The molecule has 4 rings (SSSR count). The van der Waals surface area contributed by atoms with Crippen molar-refractivity contribution in [2.24, 2.45) is 5.73 Å². The van der Waals surface area contributed by atoms with Gasteiger partial charge < -0.3 is 35.5 Å². The molecule has 2 aromatic carbocycles. The number of amides is 3. The largest absolute Gasteiger partial charge is 0.465 e. The maximum Gasteiger partial charge on any atom is 0.404 e. The van der Waals surface area contributed by atoms with Crippen molar-refractivity contribution in [2.75, 3.05) is 31.6 Å². The number of primary amides is 1. The van der Waals surface area contributed by atoms with E-state index in [-0.39, 0.29) is 37.2 Å². The molecule has 188 valence electrons. The lowest BCUT2D eigenvalue weighted by molar-refractivity contribution is -0.0197. The number of aromatic nitrogens is 1. The second kappa shape index (κ2) is 10.4. The van der Waals surface area contributed by atoms with Gasteiger partial charge in [0.2, 0.25) is 11.8 Å². The molecule has 13 heteroatoms. The van der Waals surface area contributed by atoms with Crippen molar-refractivity contribution >= 4 is 29.5 Å². The Balaban J connectivity index is 1.49. The number of oxazole rings is 1. The Morgan fingerprint density at radius 1 is 1.14 bits per heavy atom. The van der Waals surface area contributed by atoms with E-state index in [4.69, 9.17) is 20.0 Å². The molecule has 0 radical (unpaired) electrons. The van der Waals surface area contributed by atoms with Gasteiger partial charge in [0.05, 0.1) is 12.7 Å². The van der Waals surface area contributed by atoms with Gasteiger partial charge in [-0.05, 0) is 36.4 Å². The van der Waals surface area contributed by atoms with E-state index in [1.807, 2.05) is 0 Å². The molecular formula is C23H21F2N5O6. The highest BCUT2D eigenvalue weighted by Gasteiger charge is 2.26. The minimum atomic E-state index is -1.18. The zero-order valence-electron chi connectivity index (χ0n) is 18.7. The van der Waals surface area contributed by atoms with Crippen molar-refractivity contribution in [3.8, 4) is 11.5 Å².